The third-order valence-electron chi connectivity index (χ3n) is 7.06. The molecule has 0 aromatic heterocycles. The molecule has 36 heavy (non-hydrogen) atoms. The summed E-state index contributed by atoms with van der Waals surface area (Å²) in [6.45, 7) is 0.319. The lowest BCUT2D eigenvalue weighted by atomic mass is 9.87. The number of nitrogens with zero attached hydrogens (tertiary/aromatic N) is 2. The lowest BCUT2D eigenvalue weighted by Gasteiger charge is -2.43. The van der Waals surface area contributed by atoms with E-state index in [4.69, 9.17) is 9.47 Å². The van der Waals surface area contributed by atoms with Crippen molar-refractivity contribution >= 4 is 11.8 Å². The predicted octanol–water partition coefficient (Wildman–Crippen LogP) is 4.70. The molecule has 0 unspecified atom stereocenters. The summed E-state index contributed by atoms with van der Waals surface area (Å²) in [6.07, 6.45) is -6.93. The number of ether oxygens (including phenoxy) is 2. The molecule has 0 spiro atoms. The minimum atomic E-state index is -4.70. The van der Waals surface area contributed by atoms with Gasteiger partial charge in [-0.05, 0) is 49.3 Å². The van der Waals surface area contributed by atoms with E-state index in [1.807, 2.05) is 0 Å². The average Bonchev–Trinajstić information content (AvgIpc) is 2.81. The fourth-order valence-corrected chi connectivity index (χ4v) is 5.18. The molecule has 3 heterocycles. The summed E-state index contributed by atoms with van der Waals surface area (Å²) < 4.78 is 87.4. The van der Waals surface area contributed by atoms with Gasteiger partial charge in [-0.2, -0.15) is 26.3 Å². The minimum absolute atomic E-state index is 0.00345. The molecule has 0 N–H and O–H groups in total. The predicted molar refractivity (Wildman–Crippen MR) is 115 cm³/mol. The number of urea groups is 1. The molecule has 4 rings (SSSR count). The van der Waals surface area contributed by atoms with Gasteiger partial charge in [-0.15, -0.1) is 0 Å². The van der Waals surface area contributed by atoms with Crippen molar-refractivity contribution in [3.8, 4) is 5.75 Å². The number of halogens is 6. The largest absolute Gasteiger partial charge is 0.484 e. The molecule has 3 fully saturated rings. The highest BCUT2D eigenvalue weighted by Crippen LogP contribution is 2.36. The van der Waals surface area contributed by atoms with Gasteiger partial charge in [0.1, 0.15) is 12.4 Å². The lowest BCUT2D eigenvalue weighted by Crippen LogP contribution is -2.54. The van der Waals surface area contributed by atoms with E-state index in [0.717, 1.165) is 6.07 Å². The first-order chi connectivity index (χ1) is 16.9. The number of carbonyl (C=O) groups excluding carboxylic acids is 2. The van der Waals surface area contributed by atoms with E-state index in [-0.39, 0.29) is 48.3 Å². The molecule has 3 saturated heterocycles. The molecule has 3 aliphatic heterocycles. The standard InChI is InChI=1S/C24H28F6N2O4/c25-23(26,27)14-36-21-11-18(24(28,29)30)2-1-16(21)9-15-3-6-31(7-4-15)22(34)32-8-5-20-17(12-32)10-19(33)13-35-20/h1-2,11,15,17,20H,3-10,12-14H2/t17-,20+/m1/s1. The first kappa shape index (κ1) is 26.6. The summed E-state index contributed by atoms with van der Waals surface area (Å²) >= 11 is 0. The van der Waals surface area contributed by atoms with Crippen LogP contribution in [-0.4, -0.2) is 73.3 Å². The van der Waals surface area contributed by atoms with Gasteiger partial charge >= 0.3 is 18.4 Å². The molecule has 0 saturated carbocycles. The van der Waals surface area contributed by atoms with Crippen molar-refractivity contribution in [1.29, 1.82) is 0 Å². The zero-order chi connectivity index (χ0) is 26.1. The molecule has 0 radical (unpaired) electrons. The summed E-state index contributed by atoms with van der Waals surface area (Å²) in [5.74, 6) is -0.411. The van der Waals surface area contributed by atoms with Crippen LogP contribution in [0.1, 0.15) is 36.8 Å². The molecule has 3 aliphatic rings. The van der Waals surface area contributed by atoms with Gasteiger partial charge < -0.3 is 19.3 Å². The molecule has 200 valence electrons. The summed E-state index contributed by atoms with van der Waals surface area (Å²) in [7, 11) is 0. The SMILES string of the molecule is O=C1CO[C@H]2CCN(C(=O)N3CCC(Cc4ccc(C(F)(F)F)cc4OCC(F)(F)F)CC3)C[C@H]2C1. The number of hydrogen-bond acceptors (Lipinski definition) is 4. The number of piperidine rings is 2. The highest BCUT2D eigenvalue weighted by atomic mass is 19.4. The third kappa shape index (κ3) is 6.63. The molecule has 0 bridgehead atoms. The fourth-order valence-electron chi connectivity index (χ4n) is 5.18. The van der Waals surface area contributed by atoms with Crippen molar-refractivity contribution in [2.75, 3.05) is 39.4 Å². The molecule has 1 aromatic carbocycles. The number of amides is 2. The van der Waals surface area contributed by atoms with Crippen molar-refractivity contribution in [1.82, 2.24) is 9.80 Å². The van der Waals surface area contributed by atoms with Crippen molar-refractivity contribution in [2.24, 2.45) is 11.8 Å². The van der Waals surface area contributed by atoms with Crippen LogP contribution >= 0.6 is 0 Å². The van der Waals surface area contributed by atoms with Crippen LogP contribution in [0.15, 0.2) is 18.2 Å². The Morgan fingerprint density at radius 1 is 1.03 bits per heavy atom. The normalized spacial score (nSPS) is 24.0. The smallest absolute Gasteiger partial charge is 0.422 e. The van der Waals surface area contributed by atoms with Crippen LogP contribution in [0.4, 0.5) is 31.1 Å². The Kier molecular flexibility index (Phi) is 7.72. The summed E-state index contributed by atoms with van der Waals surface area (Å²) in [5.41, 5.74) is -0.793. The Labute approximate surface area is 204 Å². The Morgan fingerprint density at radius 3 is 2.39 bits per heavy atom. The van der Waals surface area contributed by atoms with Gasteiger partial charge in [0.25, 0.3) is 0 Å². The summed E-state index contributed by atoms with van der Waals surface area (Å²) in [4.78, 5) is 28.2. The lowest BCUT2D eigenvalue weighted by molar-refractivity contribution is -0.153. The Hall–Kier alpha value is -2.50. The van der Waals surface area contributed by atoms with Crippen molar-refractivity contribution in [2.45, 2.75) is 50.6 Å². The highest BCUT2D eigenvalue weighted by molar-refractivity contribution is 5.81. The van der Waals surface area contributed by atoms with E-state index in [1.54, 1.807) is 9.80 Å². The Bertz CT molecular complexity index is 959. The molecule has 1 aromatic rings. The van der Waals surface area contributed by atoms with Crippen LogP contribution in [0.2, 0.25) is 0 Å². The van der Waals surface area contributed by atoms with E-state index < -0.39 is 30.3 Å². The van der Waals surface area contributed by atoms with Crippen LogP contribution < -0.4 is 4.74 Å². The zero-order valence-electron chi connectivity index (χ0n) is 19.5. The topological polar surface area (TPSA) is 59.1 Å². The summed E-state index contributed by atoms with van der Waals surface area (Å²) in [6, 6.07) is 2.51. The average molecular weight is 522 g/mol. The number of alkyl halides is 6. The number of hydrogen-bond donors (Lipinski definition) is 0. The molecule has 6 nitrogen and oxygen atoms in total. The van der Waals surface area contributed by atoms with Crippen molar-refractivity contribution in [3.63, 3.8) is 0 Å². The quantitative estimate of drug-likeness (QED) is 0.538. The maximum absolute atomic E-state index is 13.1. The van der Waals surface area contributed by atoms with Crippen LogP contribution in [0.3, 0.4) is 0 Å². The number of carbonyl (C=O) groups is 2. The van der Waals surface area contributed by atoms with Gasteiger partial charge in [-0.25, -0.2) is 4.79 Å². The Morgan fingerprint density at radius 2 is 1.72 bits per heavy atom. The van der Waals surface area contributed by atoms with E-state index in [1.165, 1.54) is 6.07 Å². The second-order valence-electron chi connectivity index (χ2n) is 9.73. The number of rotatable bonds is 4. The number of benzene rings is 1. The van der Waals surface area contributed by atoms with E-state index >= 15 is 0 Å². The molecular formula is C24H28F6N2O4. The molecule has 0 aliphatic carbocycles. The van der Waals surface area contributed by atoms with Gasteiger partial charge in [-0.1, -0.05) is 6.07 Å². The second-order valence-corrected chi connectivity index (χ2v) is 9.73. The third-order valence-corrected chi connectivity index (χ3v) is 7.06. The van der Waals surface area contributed by atoms with Crippen molar-refractivity contribution < 1.29 is 45.4 Å². The number of Topliss-reactive ketones (excluding diaryl/α,β-unsaturated/α-hetero) is 1. The molecular weight excluding hydrogens is 494 g/mol. The number of fused-ring (bicyclic) bond motifs is 1. The maximum atomic E-state index is 13.1. The monoisotopic (exact) mass is 522 g/mol. The number of likely N-dealkylation sites (tertiary alicyclic amines) is 2. The zero-order valence-corrected chi connectivity index (χ0v) is 19.5. The Balaban J connectivity index is 1.34. The van der Waals surface area contributed by atoms with Crippen LogP contribution in [-0.2, 0) is 22.1 Å². The van der Waals surface area contributed by atoms with E-state index in [2.05, 4.69) is 0 Å². The van der Waals surface area contributed by atoms with Gasteiger partial charge in [-0.3, -0.25) is 4.79 Å². The van der Waals surface area contributed by atoms with E-state index in [0.29, 0.717) is 57.9 Å². The minimum Gasteiger partial charge on any atom is -0.484 e. The fraction of sp³-hybridized carbons (Fsp3) is 0.667. The molecule has 2 atom stereocenters. The van der Waals surface area contributed by atoms with Gasteiger partial charge in [0.05, 0.1) is 11.7 Å². The van der Waals surface area contributed by atoms with Crippen LogP contribution in [0.5, 0.6) is 5.75 Å². The molecule has 2 amide bonds. The van der Waals surface area contributed by atoms with Gasteiger partial charge in [0.2, 0.25) is 0 Å². The van der Waals surface area contributed by atoms with Gasteiger partial charge in [0, 0.05) is 38.5 Å². The van der Waals surface area contributed by atoms with Crippen LogP contribution in [0, 0.1) is 11.8 Å². The second kappa shape index (κ2) is 10.5. The highest BCUT2D eigenvalue weighted by Gasteiger charge is 2.38. The van der Waals surface area contributed by atoms with Crippen molar-refractivity contribution in [3.05, 3.63) is 29.3 Å². The van der Waals surface area contributed by atoms with Gasteiger partial charge in [0.15, 0.2) is 12.4 Å². The molecule has 12 heteroatoms. The van der Waals surface area contributed by atoms with Crippen LogP contribution in [0.25, 0.3) is 0 Å². The summed E-state index contributed by atoms with van der Waals surface area (Å²) in [5, 5.41) is 0. The van der Waals surface area contributed by atoms with E-state index in [9.17, 15) is 35.9 Å². The first-order valence-electron chi connectivity index (χ1n) is 12.0. The number of ketones is 1. The maximum Gasteiger partial charge on any atom is 0.422 e. The first-order valence-corrected chi connectivity index (χ1v) is 12.0.